The zero-order chi connectivity index (χ0) is 13.8. The molecule has 2 aliphatic rings. The molecule has 0 aromatic heterocycles. The Kier molecular flexibility index (Phi) is 4.77. The fraction of sp³-hybridized carbons (Fsp3) is 0.684. The molecule has 20 heavy (non-hydrogen) atoms. The number of aryl methyl sites for hydroxylation is 1. The molecule has 1 heterocycles. The Morgan fingerprint density at radius 2 is 1.90 bits per heavy atom. The molecule has 1 aliphatic carbocycles. The van der Waals surface area contributed by atoms with Crippen LogP contribution in [0.5, 0.6) is 0 Å². The molecule has 1 unspecified atom stereocenters. The van der Waals surface area contributed by atoms with Gasteiger partial charge in [0, 0.05) is 0 Å². The first-order valence-corrected chi connectivity index (χ1v) is 8.68. The molecule has 0 spiro atoms. The molecule has 0 bridgehead atoms. The number of piperidine rings is 1. The van der Waals surface area contributed by atoms with Crippen LogP contribution in [0, 0.1) is 5.92 Å². The van der Waals surface area contributed by atoms with Crippen LogP contribution in [0.2, 0.25) is 0 Å². The van der Waals surface area contributed by atoms with Gasteiger partial charge in [0.05, 0.1) is 0 Å². The Morgan fingerprint density at radius 1 is 1.10 bits per heavy atom. The molecule has 1 aliphatic heterocycles. The third-order valence-corrected chi connectivity index (χ3v) is 5.44. The average Bonchev–Trinajstić information content (AvgIpc) is 2.53. The summed E-state index contributed by atoms with van der Waals surface area (Å²) in [7, 11) is 0. The van der Waals surface area contributed by atoms with Crippen LogP contribution in [0.25, 0.3) is 0 Å². The van der Waals surface area contributed by atoms with Gasteiger partial charge in [-0.25, -0.2) is 0 Å². The van der Waals surface area contributed by atoms with Crippen molar-refractivity contribution < 1.29 is 0 Å². The van der Waals surface area contributed by atoms with Crippen molar-refractivity contribution in [3.05, 3.63) is 35.4 Å². The molecule has 0 saturated carbocycles. The highest BCUT2D eigenvalue weighted by atomic mass is 15.1. The molecule has 3 rings (SSSR count). The van der Waals surface area contributed by atoms with Gasteiger partial charge in [-0.2, -0.15) is 0 Å². The highest BCUT2D eigenvalue weighted by Gasteiger charge is 2.30. The minimum Gasteiger partial charge on any atom is -0.303 e. The molecule has 1 atom stereocenters. The van der Waals surface area contributed by atoms with E-state index in [1.165, 1.54) is 64.6 Å². The number of hydrogen-bond donors (Lipinski definition) is 0. The number of benzene rings is 1. The summed E-state index contributed by atoms with van der Waals surface area (Å²) in [5.74, 6) is 1.79. The van der Waals surface area contributed by atoms with Gasteiger partial charge in [-0.05, 0) is 81.1 Å². The minimum absolute atomic E-state index is 0.855. The minimum atomic E-state index is 0.855. The van der Waals surface area contributed by atoms with E-state index in [1.807, 2.05) is 0 Å². The molecule has 0 N–H and O–H groups in total. The van der Waals surface area contributed by atoms with E-state index in [0.717, 1.165) is 11.8 Å². The van der Waals surface area contributed by atoms with E-state index in [9.17, 15) is 0 Å². The Morgan fingerprint density at radius 3 is 2.70 bits per heavy atom. The van der Waals surface area contributed by atoms with E-state index in [0.29, 0.717) is 0 Å². The SMILES string of the molecule is CCCCN1CCC(C2CCCc3ccccc32)CC1. The maximum Gasteiger partial charge on any atom is -0.00159 e. The summed E-state index contributed by atoms with van der Waals surface area (Å²) < 4.78 is 0. The first kappa shape index (κ1) is 14.1. The Labute approximate surface area is 124 Å². The van der Waals surface area contributed by atoms with Crippen LogP contribution < -0.4 is 0 Å². The molecule has 1 aromatic carbocycles. The number of rotatable bonds is 4. The van der Waals surface area contributed by atoms with Gasteiger partial charge in [-0.1, -0.05) is 37.6 Å². The maximum atomic E-state index is 2.69. The zero-order valence-corrected chi connectivity index (χ0v) is 13.0. The molecule has 0 radical (unpaired) electrons. The molecule has 1 saturated heterocycles. The number of hydrogen-bond acceptors (Lipinski definition) is 1. The number of unbranched alkanes of at least 4 members (excludes halogenated alkanes) is 1. The summed E-state index contributed by atoms with van der Waals surface area (Å²) in [5.41, 5.74) is 3.32. The summed E-state index contributed by atoms with van der Waals surface area (Å²) >= 11 is 0. The fourth-order valence-electron chi connectivity index (χ4n) is 4.24. The van der Waals surface area contributed by atoms with Crippen molar-refractivity contribution in [1.29, 1.82) is 0 Å². The lowest BCUT2D eigenvalue weighted by Gasteiger charge is -2.38. The van der Waals surface area contributed by atoms with Crippen molar-refractivity contribution in [2.75, 3.05) is 19.6 Å². The normalized spacial score (nSPS) is 24.6. The molecule has 0 amide bonds. The molecule has 1 heteroatoms. The van der Waals surface area contributed by atoms with Gasteiger partial charge in [0.2, 0.25) is 0 Å². The first-order valence-electron chi connectivity index (χ1n) is 8.68. The summed E-state index contributed by atoms with van der Waals surface area (Å²) in [6.45, 7) is 6.29. The third-order valence-electron chi connectivity index (χ3n) is 5.44. The van der Waals surface area contributed by atoms with Crippen LogP contribution in [0.4, 0.5) is 0 Å². The van der Waals surface area contributed by atoms with Crippen molar-refractivity contribution in [2.24, 2.45) is 5.92 Å². The molecular formula is C19H29N. The van der Waals surface area contributed by atoms with Crippen LogP contribution in [0.1, 0.15) is 62.5 Å². The molecule has 1 aromatic rings. The number of fused-ring (bicyclic) bond motifs is 1. The molecule has 110 valence electrons. The summed E-state index contributed by atoms with van der Waals surface area (Å²) in [4.78, 5) is 2.69. The predicted molar refractivity (Wildman–Crippen MR) is 86.2 cm³/mol. The van der Waals surface area contributed by atoms with Gasteiger partial charge < -0.3 is 4.90 Å². The van der Waals surface area contributed by atoms with E-state index in [2.05, 4.69) is 36.1 Å². The van der Waals surface area contributed by atoms with Crippen LogP contribution >= 0.6 is 0 Å². The second-order valence-electron chi connectivity index (χ2n) is 6.73. The lowest BCUT2D eigenvalue weighted by atomic mass is 9.72. The van der Waals surface area contributed by atoms with Gasteiger partial charge in [0.1, 0.15) is 0 Å². The summed E-state index contributed by atoms with van der Waals surface area (Å²) in [5, 5.41) is 0. The third kappa shape index (κ3) is 3.09. The topological polar surface area (TPSA) is 3.24 Å². The largest absolute Gasteiger partial charge is 0.303 e. The Hall–Kier alpha value is -0.820. The predicted octanol–water partition coefficient (Wildman–Crippen LogP) is 4.62. The first-order chi connectivity index (χ1) is 9.88. The number of likely N-dealkylation sites (tertiary alicyclic amines) is 1. The van der Waals surface area contributed by atoms with Gasteiger partial charge in [0.15, 0.2) is 0 Å². The lowest BCUT2D eigenvalue weighted by molar-refractivity contribution is 0.161. The molecule has 1 fully saturated rings. The van der Waals surface area contributed by atoms with E-state index in [4.69, 9.17) is 0 Å². The zero-order valence-electron chi connectivity index (χ0n) is 13.0. The van der Waals surface area contributed by atoms with E-state index in [-0.39, 0.29) is 0 Å². The van der Waals surface area contributed by atoms with Crippen molar-refractivity contribution in [3.63, 3.8) is 0 Å². The van der Waals surface area contributed by atoms with E-state index in [1.54, 1.807) is 11.1 Å². The van der Waals surface area contributed by atoms with Crippen LogP contribution in [-0.2, 0) is 6.42 Å². The van der Waals surface area contributed by atoms with Gasteiger partial charge >= 0.3 is 0 Å². The highest BCUT2D eigenvalue weighted by Crippen LogP contribution is 2.40. The van der Waals surface area contributed by atoms with Crippen LogP contribution in [0.3, 0.4) is 0 Å². The van der Waals surface area contributed by atoms with Crippen LogP contribution in [0.15, 0.2) is 24.3 Å². The quantitative estimate of drug-likeness (QED) is 0.772. The standard InChI is InChI=1S/C19H29N/c1-2-3-13-20-14-11-17(12-15-20)19-10-6-8-16-7-4-5-9-18(16)19/h4-5,7,9,17,19H,2-3,6,8,10-15H2,1H3. The summed E-state index contributed by atoms with van der Waals surface area (Å²) in [6.07, 6.45) is 9.68. The van der Waals surface area contributed by atoms with Gasteiger partial charge in [-0.3, -0.25) is 0 Å². The molecular weight excluding hydrogens is 242 g/mol. The van der Waals surface area contributed by atoms with Crippen molar-refractivity contribution >= 4 is 0 Å². The second kappa shape index (κ2) is 6.76. The van der Waals surface area contributed by atoms with Crippen LogP contribution in [-0.4, -0.2) is 24.5 Å². The smallest absolute Gasteiger partial charge is 0.00159 e. The fourth-order valence-corrected chi connectivity index (χ4v) is 4.24. The Bertz CT molecular complexity index is 418. The average molecular weight is 271 g/mol. The lowest BCUT2D eigenvalue weighted by Crippen LogP contribution is -2.36. The molecule has 1 nitrogen and oxygen atoms in total. The van der Waals surface area contributed by atoms with Gasteiger partial charge in [0.25, 0.3) is 0 Å². The highest BCUT2D eigenvalue weighted by molar-refractivity contribution is 5.33. The number of nitrogens with zero attached hydrogens (tertiary/aromatic N) is 1. The second-order valence-corrected chi connectivity index (χ2v) is 6.73. The van der Waals surface area contributed by atoms with E-state index < -0.39 is 0 Å². The van der Waals surface area contributed by atoms with Gasteiger partial charge in [-0.15, -0.1) is 0 Å². The Balaban J connectivity index is 1.62. The monoisotopic (exact) mass is 271 g/mol. The van der Waals surface area contributed by atoms with Crippen molar-refractivity contribution in [2.45, 2.75) is 57.8 Å². The van der Waals surface area contributed by atoms with E-state index >= 15 is 0 Å². The summed E-state index contributed by atoms with van der Waals surface area (Å²) in [6, 6.07) is 9.22. The van der Waals surface area contributed by atoms with Crippen molar-refractivity contribution in [3.8, 4) is 0 Å². The van der Waals surface area contributed by atoms with Crippen molar-refractivity contribution in [1.82, 2.24) is 4.90 Å². The maximum absolute atomic E-state index is 2.69.